The van der Waals surface area contributed by atoms with E-state index in [1.807, 2.05) is 0 Å². The Morgan fingerprint density at radius 3 is 2.41 bits per heavy atom. The molecular weight excluding hydrogens is 370 g/mol. The average Bonchev–Trinajstić information content (AvgIpc) is 2.66. The lowest BCUT2D eigenvalue weighted by Gasteiger charge is -2.27. The number of benzene rings is 1. The molecule has 0 aliphatic carbocycles. The number of halogens is 1. The van der Waals surface area contributed by atoms with E-state index in [-0.39, 0.29) is 30.8 Å². The normalized spacial score (nSPS) is 15.2. The number of rotatable bonds is 7. The molecule has 1 atom stereocenters. The molecule has 150 valence electrons. The number of piperidine rings is 1. The molecule has 1 saturated heterocycles. The van der Waals surface area contributed by atoms with Crippen LogP contribution in [-0.4, -0.2) is 44.5 Å². The summed E-state index contributed by atoms with van der Waals surface area (Å²) in [6, 6.07) is 6.58. The van der Waals surface area contributed by atoms with Gasteiger partial charge in [-0.2, -0.15) is 0 Å². The second kappa shape index (κ2) is 11.6. The van der Waals surface area contributed by atoms with Crippen LogP contribution in [0.25, 0.3) is 0 Å². The van der Waals surface area contributed by atoms with E-state index in [0.717, 1.165) is 25.9 Å². The number of ether oxygens (including phenoxy) is 1. The third-order valence-corrected chi connectivity index (χ3v) is 4.75. The number of methoxy groups -OCH3 is 1. The van der Waals surface area contributed by atoms with Crippen molar-refractivity contribution in [3.63, 3.8) is 0 Å². The average molecular weight is 398 g/mol. The molecule has 2 rings (SSSR count). The summed E-state index contributed by atoms with van der Waals surface area (Å²) in [5.41, 5.74) is 1.06. The Morgan fingerprint density at radius 1 is 1.19 bits per heavy atom. The highest BCUT2D eigenvalue weighted by atomic mass is 35.5. The van der Waals surface area contributed by atoms with E-state index in [2.05, 4.69) is 27.6 Å². The van der Waals surface area contributed by atoms with Crippen molar-refractivity contribution in [1.82, 2.24) is 10.6 Å². The van der Waals surface area contributed by atoms with E-state index in [1.54, 1.807) is 24.3 Å². The predicted octanol–water partition coefficient (Wildman–Crippen LogP) is 1.98. The Labute approximate surface area is 166 Å². The molecule has 1 aliphatic rings. The van der Waals surface area contributed by atoms with Crippen molar-refractivity contribution in [2.45, 2.75) is 26.2 Å². The second-order valence-electron chi connectivity index (χ2n) is 6.65. The third kappa shape index (κ3) is 7.56. The van der Waals surface area contributed by atoms with Crippen LogP contribution in [-0.2, 0) is 14.3 Å². The molecular formula is C19H28ClN3O4. The van der Waals surface area contributed by atoms with Gasteiger partial charge >= 0.3 is 5.97 Å². The van der Waals surface area contributed by atoms with Crippen LogP contribution in [0.15, 0.2) is 24.3 Å². The van der Waals surface area contributed by atoms with E-state index in [1.165, 1.54) is 7.11 Å². The lowest BCUT2D eigenvalue weighted by molar-refractivity contribution is -0.139. The first kappa shape index (κ1) is 22.9. The second-order valence-corrected chi connectivity index (χ2v) is 6.65. The van der Waals surface area contributed by atoms with Crippen molar-refractivity contribution in [1.29, 1.82) is 0 Å². The van der Waals surface area contributed by atoms with E-state index in [0.29, 0.717) is 29.5 Å². The third-order valence-electron chi connectivity index (χ3n) is 4.75. The maximum atomic E-state index is 12.2. The van der Waals surface area contributed by atoms with Crippen LogP contribution in [0.5, 0.6) is 0 Å². The molecule has 1 fully saturated rings. The zero-order chi connectivity index (χ0) is 18.9. The summed E-state index contributed by atoms with van der Waals surface area (Å²) in [5.74, 6) is 0.0418. The molecule has 0 saturated carbocycles. The summed E-state index contributed by atoms with van der Waals surface area (Å²) in [6.07, 6.45) is 2.72. The zero-order valence-electron chi connectivity index (χ0n) is 15.7. The van der Waals surface area contributed by atoms with Crippen LogP contribution in [0.3, 0.4) is 0 Å². The van der Waals surface area contributed by atoms with Crippen molar-refractivity contribution in [3.05, 3.63) is 29.8 Å². The van der Waals surface area contributed by atoms with Gasteiger partial charge in [-0.3, -0.25) is 14.4 Å². The Kier molecular flexibility index (Phi) is 9.82. The minimum atomic E-state index is -0.509. The number of carbonyl (C=O) groups excluding carboxylic acids is 3. The first-order valence-corrected chi connectivity index (χ1v) is 8.95. The summed E-state index contributed by atoms with van der Waals surface area (Å²) in [4.78, 5) is 35.2. The molecule has 1 unspecified atom stereocenters. The highest BCUT2D eigenvalue weighted by molar-refractivity contribution is 5.97. The fourth-order valence-electron chi connectivity index (χ4n) is 3.12. The summed E-state index contributed by atoms with van der Waals surface area (Å²) in [7, 11) is 1.26. The number of anilines is 1. The van der Waals surface area contributed by atoms with Gasteiger partial charge < -0.3 is 20.7 Å². The molecule has 1 aromatic carbocycles. The molecule has 2 amide bonds. The monoisotopic (exact) mass is 397 g/mol. The van der Waals surface area contributed by atoms with Gasteiger partial charge in [0.15, 0.2) is 0 Å². The number of hydrogen-bond donors (Lipinski definition) is 3. The largest absolute Gasteiger partial charge is 0.468 e. The molecule has 1 aliphatic heterocycles. The predicted molar refractivity (Wildman–Crippen MR) is 106 cm³/mol. The smallest absolute Gasteiger partial charge is 0.325 e. The summed E-state index contributed by atoms with van der Waals surface area (Å²) in [5, 5.41) is 8.68. The molecule has 7 nitrogen and oxygen atoms in total. The van der Waals surface area contributed by atoms with Crippen LogP contribution in [0.4, 0.5) is 5.69 Å². The van der Waals surface area contributed by atoms with Gasteiger partial charge in [-0.25, -0.2) is 0 Å². The van der Waals surface area contributed by atoms with Gasteiger partial charge in [-0.05, 0) is 62.0 Å². The lowest BCUT2D eigenvalue weighted by atomic mass is 9.84. The molecule has 1 aromatic rings. The van der Waals surface area contributed by atoms with Crippen molar-refractivity contribution in [2.75, 3.05) is 32.1 Å². The standard InChI is InChI=1S/C19H27N3O4.ClH/c1-13(14-7-9-20-10-8-14)11-17(23)22-16-5-3-15(4-6-16)19(25)21-12-18(24)26-2;/h3-6,13-14,20H,7-12H2,1-2H3,(H,21,25)(H,22,23);1H. The first-order valence-electron chi connectivity index (χ1n) is 8.95. The Bertz CT molecular complexity index is 630. The Balaban J connectivity index is 0.00000364. The van der Waals surface area contributed by atoms with Crippen LogP contribution in [0, 0.1) is 11.8 Å². The molecule has 0 bridgehead atoms. The first-order chi connectivity index (χ1) is 12.5. The molecule has 1 heterocycles. The number of esters is 1. The summed E-state index contributed by atoms with van der Waals surface area (Å²) in [6.45, 7) is 4.00. The SMILES string of the molecule is COC(=O)CNC(=O)c1ccc(NC(=O)CC(C)C2CCNCC2)cc1.Cl. The van der Waals surface area contributed by atoms with Gasteiger partial charge in [0.2, 0.25) is 5.91 Å². The minimum absolute atomic E-state index is 0. The van der Waals surface area contributed by atoms with Crippen LogP contribution >= 0.6 is 12.4 Å². The quantitative estimate of drug-likeness (QED) is 0.611. The van der Waals surface area contributed by atoms with Crippen molar-refractivity contribution in [2.24, 2.45) is 11.8 Å². The number of amides is 2. The highest BCUT2D eigenvalue weighted by Crippen LogP contribution is 2.24. The minimum Gasteiger partial charge on any atom is -0.468 e. The fraction of sp³-hybridized carbons (Fsp3) is 0.526. The molecule has 8 heteroatoms. The topological polar surface area (TPSA) is 96.5 Å². The Morgan fingerprint density at radius 2 is 1.81 bits per heavy atom. The van der Waals surface area contributed by atoms with Gasteiger partial charge in [0.1, 0.15) is 6.54 Å². The van der Waals surface area contributed by atoms with Crippen LogP contribution in [0.2, 0.25) is 0 Å². The molecule has 0 aromatic heterocycles. The van der Waals surface area contributed by atoms with E-state index < -0.39 is 5.97 Å². The fourth-order valence-corrected chi connectivity index (χ4v) is 3.12. The van der Waals surface area contributed by atoms with E-state index in [9.17, 15) is 14.4 Å². The number of hydrogen-bond acceptors (Lipinski definition) is 5. The molecule has 3 N–H and O–H groups in total. The number of carbonyl (C=O) groups is 3. The summed E-state index contributed by atoms with van der Waals surface area (Å²) < 4.78 is 4.47. The molecule has 0 spiro atoms. The molecule has 27 heavy (non-hydrogen) atoms. The molecule has 0 radical (unpaired) electrons. The lowest BCUT2D eigenvalue weighted by Crippen LogP contribution is -2.32. The van der Waals surface area contributed by atoms with Crippen LogP contribution < -0.4 is 16.0 Å². The maximum Gasteiger partial charge on any atom is 0.325 e. The zero-order valence-corrected chi connectivity index (χ0v) is 16.6. The van der Waals surface area contributed by atoms with Crippen LogP contribution in [0.1, 0.15) is 36.5 Å². The highest BCUT2D eigenvalue weighted by Gasteiger charge is 2.22. The van der Waals surface area contributed by atoms with Gasteiger partial charge in [0.25, 0.3) is 5.91 Å². The van der Waals surface area contributed by atoms with E-state index in [4.69, 9.17) is 0 Å². The van der Waals surface area contributed by atoms with Gasteiger partial charge in [-0.15, -0.1) is 12.4 Å². The van der Waals surface area contributed by atoms with Gasteiger partial charge in [0.05, 0.1) is 7.11 Å². The summed E-state index contributed by atoms with van der Waals surface area (Å²) >= 11 is 0. The Hall–Kier alpha value is -2.12. The van der Waals surface area contributed by atoms with Crippen molar-refractivity contribution in [3.8, 4) is 0 Å². The van der Waals surface area contributed by atoms with Crippen molar-refractivity contribution < 1.29 is 19.1 Å². The van der Waals surface area contributed by atoms with Crippen molar-refractivity contribution >= 4 is 35.9 Å². The number of nitrogens with one attached hydrogen (secondary N) is 3. The van der Waals surface area contributed by atoms with E-state index >= 15 is 0 Å². The van der Waals surface area contributed by atoms with Gasteiger partial charge in [0, 0.05) is 17.7 Å². The maximum absolute atomic E-state index is 12.2. The van der Waals surface area contributed by atoms with Gasteiger partial charge in [-0.1, -0.05) is 6.92 Å².